The van der Waals surface area contributed by atoms with Crippen LogP contribution in [-0.2, 0) is 4.79 Å². The highest BCUT2D eigenvalue weighted by Gasteiger charge is 2.33. The predicted molar refractivity (Wildman–Crippen MR) is 181 cm³/mol. The molecule has 1 aliphatic rings. The summed E-state index contributed by atoms with van der Waals surface area (Å²) < 4.78 is 42.8. The van der Waals surface area contributed by atoms with Gasteiger partial charge in [-0.05, 0) is 85.5 Å². The van der Waals surface area contributed by atoms with Crippen molar-refractivity contribution in [3.8, 4) is 11.4 Å². The van der Waals surface area contributed by atoms with Gasteiger partial charge < -0.3 is 15.0 Å². The quantitative estimate of drug-likeness (QED) is 0.209. The number of alkyl halides is 3. The Morgan fingerprint density at radius 2 is 1.73 bits per heavy atom. The number of amides is 4. The number of aromatic nitrogens is 2. The lowest BCUT2D eigenvalue weighted by Gasteiger charge is -2.22. The molecular formula is C33H30ClF3N6O4S. The zero-order chi connectivity index (χ0) is 34.9. The first kappa shape index (κ1) is 34.5. The zero-order valence-electron chi connectivity index (χ0n) is 26.4. The Balaban J connectivity index is 1.30. The number of rotatable bonds is 7. The van der Waals surface area contributed by atoms with Crippen LogP contribution < -0.4 is 19.9 Å². The molecule has 15 heteroatoms. The molecule has 10 nitrogen and oxygen atoms in total. The molecule has 2 heterocycles. The molecule has 1 saturated heterocycles. The monoisotopic (exact) mass is 698 g/mol. The van der Waals surface area contributed by atoms with E-state index < -0.39 is 24.1 Å². The van der Waals surface area contributed by atoms with Crippen LogP contribution in [0.5, 0.6) is 5.75 Å². The van der Waals surface area contributed by atoms with Crippen LogP contribution in [0.15, 0.2) is 71.7 Å². The maximum absolute atomic E-state index is 13.1. The van der Waals surface area contributed by atoms with Gasteiger partial charge in [0.05, 0.1) is 22.8 Å². The van der Waals surface area contributed by atoms with E-state index in [1.165, 1.54) is 45.4 Å². The predicted octanol–water partition coefficient (Wildman–Crippen LogP) is 8.11. The smallest absolute Gasteiger partial charge is 0.406 e. The summed E-state index contributed by atoms with van der Waals surface area (Å²) in [5, 5.41) is 7.58. The minimum atomic E-state index is -4.85. The van der Waals surface area contributed by atoms with E-state index in [2.05, 4.69) is 20.1 Å². The number of halogens is 4. The van der Waals surface area contributed by atoms with Crippen LogP contribution in [0.25, 0.3) is 5.69 Å². The first-order chi connectivity index (χ1) is 22.6. The number of aliphatic imine (C=N–C) groups is 1. The number of carbonyl (C=O) groups is 3. The van der Waals surface area contributed by atoms with Gasteiger partial charge in [-0.25, -0.2) is 9.48 Å². The van der Waals surface area contributed by atoms with Crippen molar-refractivity contribution in [1.82, 2.24) is 9.78 Å². The van der Waals surface area contributed by atoms with Crippen molar-refractivity contribution in [2.24, 2.45) is 4.99 Å². The lowest BCUT2D eigenvalue weighted by molar-refractivity contribution is -0.274. The van der Waals surface area contributed by atoms with Gasteiger partial charge in [-0.2, -0.15) is 10.1 Å². The molecule has 4 aromatic rings. The number of urea groups is 1. The first-order valence-corrected chi connectivity index (χ1v) is 15.9. The van der Waals surface area contributed by atoms with Gasteiger partial charge in [-0.3, -0.25) is 14.5 Å². The lowest BCUT2D eigenvalue weighted by atomic mass is 9.99. The molecular weight excluding hydrogens is 669 g/mol. The second kappa shape index (κ2) is 13.7. The van der Waals surface area contributed by atoms with Gasteiger partial charge in [0, 0.05) is 18.3 Å². The minimum Gasteiger partial charge on any atom is -0.406 e. The summed E-state index contributed by atoms with van der Waals surface area (Å²) in [6.07, 6.45) is -4.85. The molecule has 1 aromatic heterocycles. The minimum absolute atomic E-state index is 0.113. The number of amidine groups is 1. The van der Waals surface area contributed by atoms with E-state index in [9.17, 15) is 27.6 Å². The average molecular weight is 699 g/mol. The van der Waals surface area contributed by atoms with Gasteiger partial charge in [0.2, 0.25) is 5.91 Å². The van der Waals surface area contributed by atoms with E-state index in [0.29, 0.717) is 28.4 Å². The van der Waals surface area contributed by atoms with Crippen LogP contribution in [0, 0.1) is 13.8 Å². The van der Waals surface area contributed by atoms with Gasteiger partial charge in [-0.1, -0.05) is 49.3 Å². The highest BCUT2D eigenvalue weighted by Crippen LogP contribution is 2.35. The van der Waals surface area contributed by atoms with E-state index in [4.69, 9.17) is 11.6 Å². The summed E-state index contributed by atoms with van der Waals surface area (Å²) in [6.45, 7) is 7.67. The third-order valence-electron chi connectivity index (χ3n) is 7.32. The molecule has 250 valence electrons. The van der Waals surface area contributed by atoms with E-state index >= 15 is 0 Å². The highest BCUT2D eigenvalue weighted by atomic mass is 35.5. The number of ether oxygens (including phenoxy) is 1. The molecule has 1 fully saturated rings. The number of hydrogen-bond donors (Lipinski definition) is 1. The molecule has 0 unspecified atom stereocenters. The number of anilines is 3. The molecule has 48 heavy (non-hydrogen) atoms. The van der Waals surface area contributed by atoms with Crippen molar-refractivity contribution in [3.63, 3.8) is 0 Å². The summed E-state index contributed by atoms with van der Waals surface area (Å²) in [4.78, 5) is 45.9. The van der Waals surface area contributed by atoms with Crippen molar-refractivity contribution in [2.75, 3.05) is 27.9 Å². The third kappa shape index (κ3) is 7.50. The molecule has 1 aliphatic heterocycles. The Hall–Kier alpha value is -4.82. The van der Waals surface area contributed by atoms with Crippen LogP contribution in [0.2, 0.25) is 5.15 Å². The van der Waals surface area contributed by atoms with Crippen molar-refractivity contribution in [3.05, 3.63) is 94.3 Å². The first-order valence-electron chi connectivity index (χ1n) is 14.6. The average Bonchev–Trinajstić information content (AvgIpc) is 3.53. The molecule has 0 spiro atoms. The lowest BCUT2D eigenvalue weighted by Crippen LogP contribution is -2.31. The fourth-order valence-electron chi connectivity index (χ4n) is 5.08. The summed E-state index contributed by atoms with van der Waals surface area (Å²) in [5.41, 5.74) is 4.45. The summed E-state index contributed by atoms with van der Waals surface area (Å²) in [7, 11) is 1.47. The number of thioether (sulfide) groups is 1. The second-order valence-corrected chi connectivity index (χ2v) is 12.5. The Bertz CT molecular complexity index is 1910. The van der Waals surface area contributed by atoms with Crippen LogP contribution in [0.4, 0.5) is 35.0 Å². The molecule has 0 aliphatic carbocycles. The molecule has 0 radical (unpaired) electrons. The van der Waals surface area contributed by atoms with E-state index in [1.807, 2.05) is 39.0 Å². The Morgan fingerprint density at radius 1 is 1.06 bits per heavy atom. The number of aryl methyl sites for hydroxylation is 2. The molecule has 0 saturated carbocycles. The van der Waals surface area contributed by atoms with Crippen molar-refractivity contribution in [2.45, 2.75) is 40.0 Å². The van der Waals surface area contributed by atoms with Crippen molar-refractivity contribution in [1.29, 1.82) is 0 Å². The fraction of sp³-hybridized carbons (Fsp3) is 0.242. The van der Waals surface area contributed by atoms with Crippen molar-refractivity contribution < 1.29 is 32.3 Å². The number of nitrogens with one attached hydrogen (secondary N) is 1. The Morgan fingerprint density at radius 3 is 2.35 bits per heavy atom. The number of benzene rings is 3. The number of nitrogens with zero attached hydrogens (tertiary/aromatic N) is 5. The van der Waals surface area contributed by atoms with Crippen molar-refractivity contribution >= 4 is 63.4 Å². The van der Waals surface area contributed by atoms with Crippen LogP contribution in [-0.4, -0.2) is 52.0 Å². The number of carbonyl (C=O) groups excluding carboxylic acids is 3. The highest BCUT2D eigenvalue weighted by molar-refractivity contribution is 8.15. The van der Waals surface area contributed by atoms with Gasteiger partial charge in [0.1, 0.15) is 11.4 Å². The van der Waals surface area contributed by atoms with Crippen LogP contribution in [0.3, 0.4) is 0 Å². The molecule has 1 N–H and O–H groups in total. The topological polar surface area (TPSA) is 109 Å². The van der Waals surface area contributed by atoms with E-state index in [1.54, 1.807) is 31.2 Å². The van der Waals surface area contributed by atoms with Crippen LogP contribution >= 0.6 is 23.4 Å². The number of hydrogen-bond acceptors (Lipinski definition) is 6. The molecule has 5 rings (SSSR count). The normalized spacial score (nSPS) is 14.2. The summed E-state index contributed by atoms with van der Waals surface area (Å²) in [6, 6.07) is 16.3. The summed E-state index contributed by atoms with van der Waals surface area (Å²) >= 11 is 7.86. The van der Waals surface area contributed by atoms with Gasteiger partial charge in [0.25, 0.3) is 5.91 Å². The zero-order valence-corrected chi connectivity index (χ0v) is 28.0. The van der Waals surface area contributed by atoms with E-state index in [-0.39, 0.29) is 33.5 Å². The van der Waals surface area contributed by atoms with E-state index in [0.717, 1.165) is 23.3 Å². The van der Waals surface area contributed by atoms with Gasteiger partial charge in [-0.15, -0.1) is 13.2 Å². The Kier molecular flexibility index (Phi) is 9.87. The summed E-state index contributed by atoms with van der Waals surface area (Å²) in [5.74, 6) is -0.814. The molecule has 3 aromatic carbocycles. The third-order valence-corrected chi connectivity index (χ3v) is 8.59. The second-order valence-electron chi connectivity index (χ2n) is 11.2. The maximum atomic E-state index is 13.1. The largest absolute Gasteiger partial charge is 0.573 e. The standard InChI is InChI=1S/C33H30ClF3N6O4S/c1-18(2)25-15-6-19(3)16-26(25)42-27(44)17-48-32(42)39-31(46)38-22-9-11-23(12-10-22)43-29(34)28(20(4)40-43)41(5)30(45)21-7-13-24(14-8-21)47-33(35,36)37/h6-16,18H,17H2,1-5H3,(H,38,46). The SMILES string of the molecule is Cc1ccc(C(C)C)c(N2C(=O)CSC2=NC(=O)Nc2ccc(-n3nc(C)c(N(C)C(=O)c4ccc(OC(F)(F)F)cc4)c3Cl)cc2)c1. The molecule has 0 atom stereocenters. The van der Waals surface area contributed by atoms with Crippen LogP contribution in [0.1, 0.15) is 46.9 Å². The Labute approximate surface area is 283 Å². The van der Waals surface area contributed by atoms with Gasteiger partial charge >= 0.3 is 12.4 Å². The van der Waals surface area contributed by atoms with Gasteiger partial charge in [0.15, 0.2) is 10.3 Å². The fourth-order valence-corrected chi connectivity index (χ4v) is 6.34. The molecule has 0 bridgehead atoms. The molecule has 4 amide bonds. The maximum Gasteiger partial charge on any atom is 0.573 e.